The fourth-order valence-corrected chi connectivity index (χ4v) is 1.98. The summed E-state index contributed by atoms with van der Waals surface area (Å²) >= 11 is 0. The highest BCUT2D eigenvalue weighted by atomic mass is 32.2. The zero-order chi connectivity index (χ0) is 9.07. The largest absolute Gasteiger partial charge is 0.327 e. The van der Waals surface area contributed by atoms with E-state index in [1.165, 1.54) is 6.92 Å². The van der Waals surface area contributed by atoms with Gasteiger partial charge in [0.1, 0.15) is 5.75 Å². The van der Waals surface area contributed by atoms with E-state index in [1.807, 2.05) is 0 Å². The lowest BCUT2D eigenvalue weighted by molar-refractivity contribution is 0.174. The van der Waals surface area contributed by atoms with Crippen LogP contribution in [0.1, 0.15) is 6.92 Å². The van der Waals surface area contributed by atoms with Gasteiger partial charge in [0.05, 0.1) is 5.75 Å². The van der Waals surface area contributed by atoms with E-state index >= 15 is 0 Å². The Balaban J connectivity index is 4.03. The molecular formula is C5H11F2NO2S. The topological polar surface area (TPSA) is 60.2 Å². The zero-order valence-corrected chi connectivity index (χ0v) is 6.94. The quantitative estimate of drug-likeness (QED) is 0.674. The van der Waals surface area contributed by atoms with Crippen LogP contribution in [0.3, 0.4) is 0 Å². The summed E-state index contributed by atoms with van der Waals surface area (Å²) in [6.07, 6.45) is -2.81. The van der Waals surface area contributed by atoms with Gasteiger partial charge in [-0.15, -0.1) is 0 Å². The Bertz CT molecular complexity index is 185. The smallest absolute Gasteiger partial charge is 0.252 e. The first-order valence-electron chi connectivity index (χ1n) is 3.07. The van der Waals surface area contributed by atoms with Crippen LogP contribution < -0.4 is 5.73 Å². The van der Waals surface area contributed by atoms with Crippen LogP contribution in [0.25, 0.3) is 0 Å². The molecule has 11 heavy (non-hydrogen) atoms. The van der Waals surface area contributed by atoms with Gasteiger partial charge in [-0.2, -0.15) is 0 Å². The monoisotopic (exact) mass is 187 g/mol. The second kappa shape index (κ2) is 3.96. The SMILES string of the molecule is CC(N)CS(=O)(=O)CC(F)F. The number of alkyl halides is 2. The maximum absolute atomic E-state index is 11.6. The molecule has 0 fully saturated rings. The minimum absolute atomic E-state index is 0.378. The molecule has 2 N–H and O–H groups in total. The molecule has 1 atom stereocenters. The molecule has 0 aliphatic rings. The third kappa shape index (κ3) is 6.18. The average molecular weight is 187 g/mol. The molecule has 0 aliphatic carbocycles. The molecule has 0 radical (unpaired) electrons. The minimum atomic E-state index is -3.66. The van der Waals surface area contributed by atoms with Crippen LogP contribution in [-0.4, -0.2) is 32.4 Å². The molecule has 6 heteroatoms. The van der Waals surface area contributed by atoms with Gasteiger partial charge in [-0.25, -0.2) is 17.2 Å². The highest BCUT2D eigenvalue weighted by Gasteiger charge is 2.18. The van der Waals surface area contributed by atoms with Crippen molar-refractivity contribution in [3.05, 3.63) is 0 Å². The molecule has 0 rings (SSSR count). The van der Waals surface area contributed by atoms with E-state index in [9.17, 15) is 17.2 Å². The molecule has 0 saturated heterocycles. The van der Waals surface area contributed by atoms with Crippen molar-refractivity contribution in [2.24, 2.45) is 5.73 Å². The lowest BCUT2D eigenvalue weighted by atomic mass is 10.4. The fraction of sp³-hybridized carbons (Fsp3) is 1.00. The Morgan fingerprint density at radius 3 is 2.09 bits per heavy atom. The van der Waals surface area contributed by atoms with E-state index in [0.717, 1.165) is 0 Å². The summed E-state index contributed by atoms with van der Waals surface area (Å²) in [5.74, 6) is -1.47. The van der Waals surface area contributed by atoms with Gasteiger partial charge < -0.3 is 5.73 Å². The van der Waals surface area contributed by atoms with E-state index < -0.39 is 28.1 Å². The van der Waals surface area contributed by atoms with Crippen LogP contribution in [-0.2, 0) is 9.84 Å². The van der Waals surface area contributed by atoms with E-state index in [-0.39, 0.29) is 5.75 Å². The molecule has 68 valence electrons. The molecule has 0 bridgehead atoms. The van der Waals surface area contributed by atoms with Crippen LogP contribution in [0.5, 0.6) is 0 Å². The highest BCUT2D eigenvalue weighted by Crippen LogP contribution is 2.00. The molecule has 3 nitrogen and oxygen atoms in total. The van der Waals surface area contributed by atoms with E-state index in [0.29, 0.717) is 0 Å². The first-order chi connectivity index (χ1) is 4.83. The fourth-order valence-electron chi connectivity index (χ4n) is 0.661. The summed E-state index contributed by atoms with van der Waals surface area (Å²) < 4.78 is 44.5. The normalized spacial score (nSPS) is 15.4. The zero-order valence-electron chi connectivity index (χ0n) is 6.13. The van der Waals surface area contributed by atoms with Crippen molar-refractivity contribution in [3.63, 3.8) is 0 Å². The molecule has 0 aromatic carbocycles. The van der Waals surface area contributed by atoms with Crippen LogP contribution in [0.2, 0.25) is 0 Å². The van der Waals surface area contributed by atoms with Gasteiger partial charge in [0.25, 0.3) is 6.43 Å². The average Bonchev–Trinajstić information content (AvgIpc) is 1.53. The number of sulfone groups is 1. The summed E-state index contributed by atoms with van der Waals surface area (Å²) in [5.41, 5.74) is 5.13. The molecule has 0 heterocycles. The molecule has 0 aromatic rings. The van der Waals surface area contributed by atoms with Gasteiger partial charge in [-0.05, 0) is 6.92 Å². The third-order valence-electron chi connectivity index (χ3n) is 0.897. The van der Waals surface area contributed by atoms with Gasteiger partial charge >= 0.3 is 0 Å². The van der Waals surface area contributed by atoms with Crippen molar-refractivity contribution in [1.29, 1.82) is 0 Å². The maximum atomic E-state index is 11.6. The van der Waals surface area contributed by atoms with Crippen molar-refractivity contribution in [3.8, 4) is 0 Å². The van der Waals surface area contributed by atoms with Crippen molar-refractivity contribution in [1.82, 2.24) is 0 Å². The molecule has 0 aromatic heterocycles. The first-order valence-corrected chi connectivity index (χ1v) is 4.90. The lowest BCUT2D eigenvalue weighted by Crippen LogP contribution is -2.29. The number of hydrogen-bond acceptors (Lipinski definition) is 3. The lowest BCUT2D eigenvalue weighted by Gasteiger charge is -2.05. The Labute approximate surface area is 64.5 Å². The van der Waals surface area contributed by atoms with E-state index in [4.69, 9.17) is 5.73 Å². The first kappa shape index (κ1) is 10.8. The number of nitrogens with two attached hydrogens (primary N) is 1. The Kier molecular flexibility index (Phi) is 3.88. The molecule has 0 saturated carbocycles. The molecular weight excluding hydrogens is 176 g/mol. The second-order valence-electron chi connectivity index (χ2n) is 2.45. The summed E-state index contributed by atoms with van der Waals surface area (Å²) in [6.45, 7) is 1.46. The van der Waals surface area contributed by atoms with Crippen molar-refractivity contribution in [2.75, 3.05) is 11.5 Å². The Morgan fingerprint density at radius 2 is 1.82 bits per heavy atom. The highest BCUT2D eigenvalue weighted by molar-refractivity contribution is 7.91. The molecule has 0 spiro atoms. The number of halogens is 2. The minimum Gasteiger partial charge on any atom is -0.327 e. The number of rotatable bonds is 4. The van der Waals surface area contributed by atoms with Gasteiger partial charge in [-0.3, -0.25) is 0 Å². The van der Waals surface area contributed by atoms with Gasteiger partial charge in [0.15, 0.2) is 9.84 Å². The standard InChI is InChI=1S/C5H11F2NO2S/c1-4(8)2-11(9,10)3-5(6)7/h4-5H,2-3,8H2,1H3. The van der Waals surface area contributed by atoms with Crippen LogP contribution in [0.4, 0.5) is 8.78 Å². The Morgan fingerprint density at radius 1 is 1.36 bits per heavy atom. The molecule has 0 amide bonds. The predicted molar refractivity (Wildman–Crippen MR) is 38.3 cm³/mol. The Hall–Kier alpha value is -0.230. The third-order valence-corrected chi connectivity index (χ3v) is 2.69. The summed E-state index contributed by atoms with van der Waals surface area (Å²) in [5, 5.41) is 0. The summed E-state index contributed by atoms with van der Waals surface area (Å²) in [4.78, 5) is 0. The van der Waals surface area contributed by atoms with E-state index in [2.05, 4.69) is 0 Å². The molecule has 1 unspecified atom stereocenters. The summed E-state index contributed by atoms with van der Waals surface area (Å²) in [6, 6.07) is -0.584. The predicted octanol–water partition coefficient (Wildman–Crippen LogP) is 0.0135. The van der Waals surface area contributed by atoms with Crippen molar-refractivity contribution >= 4 is 9.84 Å². The van der Waals surface area contributed by atoms with E-state index in [1.54, 1.807) is 0 Å². The van der Waals surface area contributed by atoms with Gasteiger partial charge in [0.2, 0.25) is 0 Å². The summed E-state index contributed by atoms with van der Waals surface area (Å²) in [7, 11) is -3.66. The second-order valence-corrected chi connectivity index (χ2v) is 4.60. The van der Waals surface area contributed by atoms with Crippen molar-refractivity contribution in [2.45, 2.75) is 19.4 Å². The van der Waals surface area contributed by atoms with Gasteiger partial charge in [-0.1, -0.05) is 0 Å². The maximum Gasteiger partial charge on any atom is 0.252 e. The van der Waals surface area contributed by atoms with Crippen molar-refractivity contribution < 1.29 is 17.2 Å². The van der Waals surface area contributed by atoms with Crippen LogP contribution in [0, 0.1) is 0 Å². The van der Waals surface area contributed by atoms with Gasteiger partial charge in [0, 0.05) is 6.04 Å². The molecule has 0 aliphatic heterocycles. The van der Waals surface area contributed by atoms with Crippen LogP contribution >= 0.6 is 0 Å². The van der Waals surface area contributed by atoms with Crippen LogP contribution in [0.15, 0.2) is 0 Å². The number of hydrogen-bond donors (Lipinski definition) is 1.